The standard InChI is InChI=1S/C20H28N4O6/c25-18(26)14-22-7-5-21-6-8-23(15-19(27)28)10-12-24(11-9-22)13-16-1-3-17(4-2-16)20(29)30/h1-4,9,11,21H,5-8,10,12-15H2,(H,25,26)(H,27,28)(H,29,30)/b11-9-. The van der Waals surface area contributed by atoms with Gasteiger partial charge in [-0.1, -0.05) is 12.1 Å². The van der Waals surface area contributed by atoms with Crippen LogP contribution in [0.15, 0.2) is 36.7 Å². The van der Waals surface area contributed by atoms with Crippen LogP contribution in [-0.2, 0) is 16.1 Å². The smallest absolute Gasteiger partial charge is 0.335 e. The Morgan fingerprint density at radius 2 is 1.43 bits per heavy atom. The van der Waals surface area contributed by atoms with E-state index in [0.717, 1.165) is 5.56 Å². The largest absolute Gasteiger partial charge is 0.480 e. The van der Waals surface area contributed by atoms with Gasteiger partial charge in [-0.05, 0) is 17.7 Å². The molecule has 1 aromatic carbocycles. The van der Waals surface area contributed by atoms with Crippen LogP contribution in [0.1, 0.15) is 15.9 Å². The van der Waals surface area contributed by atoms with Crippen LogP contribution in [0, 0.1) is 0 Å². The Labute approximate surface area is 175 Å². The van der Waals surface area contributed by atoms with Gasteiger partial charge in [0, 0.05) is 58.2 Å². The first-order valence-corrected chi connectivity index (χ1v) is 9.69. The molecule has 0 spiro atoms. The maximum absolute atomic E-state index is 11.1. The van der Waals surface area contributed by atoms with Crippen molar-refractivity contribution in [3.63, 3.8) is 0 Å². The van der Waals surface area contributed by atoms with Crippen LogP contribution in [0.2, 0.25) is 0 Å². The van der Waals surface area contributed by atoms with Crippen molar-refractivity contribution in [1.29, 1.82) is 0 Å². The van der Waals surface area contributed by atoms with Crippen LogP contribution in [0.4, 0.5) is 0 Å². The van der Waals surface area contributed by atoms with Gasteiger partial charge < -0.3 is 30.4 Å². The van der Waals surface area contributed by atoms with E-state index >= 15 is 0 Å². The molecule has 0 amide bonds. The van der Waals surface area contributed by atoms with Gasteiger partial charge in [-0.3, -0.25) is 14.5 Å². The monoisotopic (exact) mass is 420 g/mol. The summed E-state index contributed by atoms with van der Waals surface area (Å²) in [7, 11) is 0. The fraction of sp³-hybridized carbons (Fsp3) is 0.450. The van der Waals surface area contributed by atoms with Crippen molar-refractivity contribution >= 4 is 17.9 Å². The van der Waals surface area contributed by atoms with E-state index < -0.39 is 17.9 Å². The average Bonchev–Trinajstić information content (AvgIpc) is 2.67. The van der Waals surface area contributed by atoms with Gasteiger partial charge in [0.05, 0.1) is 12.1 Å². The molecule has 1 aliphatic rings. The van der Waals surface area contributed by atoms with Crippen LogP contribution in [0.5, 0.6) is 0 Å². The summed E-state index contributed by atoms with van der Waals surface area (Å²) in [6.45, 7) is 3.61. The minimum atomic E-state index is -0.991. The third kappa shape index (κ3) is 8.50. The summed E-state index contributed by atoms with van der Waals surface area (Å²) in [6, 6.07) is 6.55. The van der Waals surface area contributed by atoms with E-state index in [-0.39, 0.29) is 18.7 Å². The number of carboxylic acid groups (broad SMARTS) is 3. The van der Waals surface area contributed by atoms with Gasteiger partial charge in [0.15, 0.2) is 0 Å². The van der Waals surface area contributed by atoms with E-state index in [9.17, 15) is 14.4 Å². The summed E-state index contributed by atoms with van der Waals surface area (Å²) < 4.78 is 0. The Morgan fingerprint density at radius 3 is 2.07 bits per heavy atom. The molecule has 4 N–H and O–H groups in total. The highest BCUT2D eigenvalue weighted by atomic mass is 16.4. The van der Waals surface area contributed by atoms with Crippen molar-refractivity contribution in [2.75, 3.05) is 52.4 Å². The van der Waals surface area contributed by atoms with Crippen LogP contribution < -0.4 is 5.32 Å². The van der Waals surface area contributed by atoms with Crippen LogP contribution >= 0.6 is 0 Å². The molecule has 0 fully saturated rings. The van der Waals surface area contributed by atoms with Gasteiger partial charge in [0.1, 0.15) is 6.54 Å². The summed E-state index contributed by atoms with van der Waals surface area (Å²) in [5, 5.41) is 30.5. The summed E-state index contributed by atoms with van der Waals surface area (Å²) in [4.78, 5) is 38.8. The number of carboxylic acids is 3. The molecule has 1 aliphatic heterocycles. The Bertz CT molecular complexity index is 752. The summed E-state index contributed by atoms with van der Waals surface area (Å²) in [5.74, 6) is -2.80. The number of carbonyl (C=O) groups is 3. The van der Waals surface area contributed by atoms with Crippen LogP contribution in [0.25, 0.3) is 0 Å². The molecule has 0 saturated heterocycles. The van der Waals surface area contributed by atoms with E-state index in [0.29, 0.717) is 45.8 Å². The first-order chi connectivity index (χ1) is 14.3. The minimum Gasteiger partial charge on any atom is -0.480 e. The van der Waals surface area contributed by atoms with Crippen molar-refractivity contribution < 1.29 is 29.7 Å². The second-order valence-corrected chi connectivity index (χ2v) is 7.05. The summed E-state index contributed by atoms with van der Waals surface area (Å²) in [6.07, 6.45) is 3.53. The Morgan fingerprint density at radius 1 is 0.800 bits per heavy atom. The van der Waals surface area contributed by atoms with Gasteiger partial charge in [0.25, 0.3) is 0 Å². The Hall–Kier alpha value is -3.11. The van der Waals surface area contributed by atoms with Crippen molar-refractivity contribution in [3.05, 3.63) is 47.8 Å². The second-order valence-electron chi connectivity index (χ2n) is 7.05. The third-order valence-electron chi connectivity index (χ3n) is 4.66. The van der Waals surface area contributed by atoms with Crippen molar-refractivity contribution in [2.24, 2.45) is 0 Å². The molecule has 0 aliphatic carbocycles. The molecule has 0 radical (unpaired) electrons. The van der Waals surface area contributed by atoms with Crippen LogP contribution in [-0.4, -0.2) is 100 Å². The molecule has 0 unspecified atom stereocenters. The second kappa shape index (κ2) is 11.8. The van der Waals surface area contributed by atoms with E-state index in [2.05, 4.69) is 5.32 Å². The molecule has 0 bridgehead atoms. The highest BCUT2D eigenvalue weighted by Gasteiger charge is 2.13. The lowest BCUT2D eigenvalue weighted by Gasteiger charge is -2.28. The quantitative estimate of drug-likeness (QED) is 0.479. The zero-order valence-corrected chi connectivity index (χ0v) is 16.7. The topological polar surface area (TPSA) is 134 Å². The van der Waals surface area contributed by atoms with Crippen molar-refractivity contribution in [2.45, 2.75) is 6.54 Å². The maximum Gasteiger partial charge on any atom is 0.335 e. The zero-order chi connectivity index (χ0) is 21.9. The number of aliphatic carboxylic acids is 2. The van der Waals surface area contributed by atoms with Crippen LogP contribution in [0.3, 0.4) is 0 Å². The molecule has 10 nitrogen and oxygen atoms in total. The number of nitrogens with one attached hydrogen (secondary N) is 1. The number of aromatic carboxylic acids is 1. The molecule has 2 rings (SSSR count). The molecular formula is C20H28N4O6. The minimum absolute atomic E-state index is 0.0579. The number of benzene rings is 1. The third-order valence-corrected chi connectivity index (χ3v) is 4.66. The van der Waals surface area contributed by atoms with Gasteiger partial charge in [0.2, 0.25) is 0 Å². The fourth-order valence-corrected chi connectivity index (χ4v) is 3.08. The van der Waals surface area contributed by atoms with Gasteiger partial charge in [-0.15, -0.1) is 0 Å². The first kappa shape index (κ1) is 23.2. The molecule has 10 heteroatoms. The molecule has 1 aromatic rings. The summed E-state index contributed by atoms with van der Waals surface area (Å²) in [5.41, 5.74) is 1.10. The van der Waals surface area contributed by atoms with Gasteiger partial charge >= 0.3 is 17.9 Å². The van der Waals surface area contributed by atoms with Crippen molar-refractivity contribution in [3.8, 4) is 0 Å². The number of hydrogen-bond acceptors (Lipinski definition) is 7. The van der Waals surface area contributed by atoms with E-state index in [1.807, 2.05) is 9.80 Å². The highest BCUT2D eigenvalue weighted by Crippen LogP contribution is 2.09. The molecule has 0 aromatic heterocycles. The molecule has 164 valence electrons. The van der Waals surface area contributed by atoms with E-state index in [4.69, 9.17) is 15.3 Å². The number of hydrogen-bond donors (Lipinski definition) is 4. The average molecular weight is 420 g/mol. The Balaban J connectivity index is 2.15. The molecule has 1 heterocycles. The lowest BCUT2D eigenvalue weighted by molar-refractivity contribution is -0.139. The van der Waals surface area contributed by atoms with E-state index in [1.165, 1.54) is 12.1 Å². The predicted molar refractivity (Wildman–Crippen MR) is 109 cm³/mol. The fourth-order valence-electron chi connectivity index (χ4n) is 3.08. The van der Waals surface area contributed by atoms with Crippen molar-refractivity contribution in [1.82, 2.24) is 20.0 Å². The molecule has 0 saturated carbocycles. The molecule has 30 heavy (non-hydrogen) atoms. The lowest BCUT2D eigenvalue weighted by Crippen LogP contribution is -2.42. The normalized spacial score (nSPS) is 17.6. The highest BCUT2D eigenvalue weighted by molar-refractivity contribution is 5.87. The maximum atomic E-state index is 11.1. The molecule has 0 atom stereocenters. The first-order valence-electron chi connectivity index (χ1n) is 9.69. The molecular weight excluding hydrogens is 392 g/mol. The lowest BCUT2D eigenvalue weighted by atomic mass is 10.1. The van der Waals surface area contributed by atoms with Gasteiger partial charge in [-0.2, -0.15) is 0 Å². The number of rotatable bonds is 7. The zero-order valence-electron chi connectivity index (χ0n) is 16.7. The van der Waals surface area contributed by atoms with Gasteiger partial charge in [-0.25, -0.2) is 4.79 Å². The Kier molecular flexibility index (Phi) is 9.10. The number of nitrogens with zero attached hydrogens (tertiary/aromatic N) is 3. The predicted octanol–water partition coefficient (Wildman–Crippen LogP) is 0.0344. The summed E-state index contributed by atoms with van der Waals surface area (Å²) >= 11 is 0. The van der Waals surface area contributed by atoms with E-state index in [1.54, 1.807) is 29.4 Å². The SMILES string of the molecule is O=C(O)CN1/C=C\N(Cc2ccc(C(=O)O)cc2)CCN(CC(=O)O)CCNCC1.